The Kier molecular flexibility index (Phi) is 4.49. The molecule has 0 aromatic heterocycles. The first-order chi connectivity index (χ1) is 4.59. The molecule has 4 heteroatoms. The van der Waals surface area contributed by atoms with Crippen molar-refractivity contribution in [3.05, 3.63) is 12.2 Å². The highest BCUT2D eigenvalue weighted by Gasteiger charge is 2.14. The number of carboxylic acids is 1. The standard InChI is InChI=1S/C6H8Cl2O2/c1-4(6(9)10)5(8)2-3-7/h5H,1-3H2,(H,9,10). The summed E-state index contributed by atoms with van der Waals surface area (Å²) < 4.78 is 0. The van der Waals surface area contributed by atoms with Crippen molar-refractivity contribution < 1.29 is 9.90 Å². The summed E-state index contributed by atoms with van der Waals surface area (Å²) in [7, 11) is 0. The summed E-state index contributed by atoms with van der Waals surface area (Å²) in [4.78, 5) is 10.2. The van der Waals surface area contributed by atoms with Gasteiger partial charge in [-0.05, 0) is 6.42 Å². The molecule has 0 aromatic carbocycles. The smallest absolute Gasteiger partial charge is 0.332 e. The first kappa shape index (κ1) is 9.79. The van der Waals surface area contributed by atoms with Crippen LogP contribution in [-0.2, 0) is 4.79 Å². The molecule has 2 nitrogen and oxygen atoms in total. The summed E-state index contributed by atoms with van der Waals surface area (Å²) in [5.74, 6) is -0.717. The number of halogens is 2. The molecule has 0 aromatic rings. The number of alkyl halides is 2. The van der Waals surface area contributed by atoms with Gasteiger partial charge < -0.3 is 5.11 Å². The molecule has 0 heterocycles. The fourth-order valence-electron chi connectivity index (χ4n) is 0.404. The summed E-state index contributed by atoms with van der Waals surface area (Å²) in [6.45, 7) is 3.28. The second kappa shape index (κ2) is 4.58. The van der Waals surface area contributed by atoms with Crippen LogP contribution in [0, 0.1) is 0 Å². The van der Waals surface area contributed by atoms with Gasteiger partial charge in [0.15, 0.2) is 0 Å². The van der Waals surface area contributed by atoms with Crippen molar-refractivity contribution >= 4 is 29.2 Å². The third-order valence-electron chi connectivity index (χ3n) is 1.02. The Hall–Kier alpha value is -0.210. The highest BCUT2D eigenvalue weighted by Crippen LogP contribution is 2.12. The van der Waals surface area contributed by atoms with E-state index in [1.807, 2.05) is 0 Å². The number of hydrogen-bond acceptors (Lipinski definition) is 1. The minimum absolute atomic E-state index is 0.00215. The molecule has 0 aliphatic heterocycles. The van der Waals surface area contributed by atoms with E-state index < -0.39 is 11.3 Å². The van der Waals surface area contributed by atoms with Gasteiger partial charge in [0.25, 0.3) is 0 Å². The first-order valence-corrected chi connectivity index (χ1v) is 3.68. The molecule has 0 aliphatic rings. The summed E-state index contributed by atoms with van der Waals surface area (Å²) >= 11 is 10.9. The quantitative estimate of drug-likeness (QED) is 0.533. The molecule has 1 N–H and O–H groups in total. The second-order valence-corrected chi connectivity index (χ2v) is 2.68. The minimum Gasteiger partial charge on any atom is -0.478 e. The van der Waals surface area contributed by atoms with Gasteiger partial charge in [-0.15, -0.1) is 23.2 Å². The Balaban J connectivity index is 3.82. The monoisotopic (exact) mass is 182 g/mol. The molecular weight excluding hydrogens is 175 g/mol. The third kappa shape index (κ3) is 3.08. The molecule has 10 heavy (non-hydrogen) atoms. The lowest BCUT2D eigenvalue weighted by Crippen LogP contribution is -2.11. The van der Waals surface area contributed by atoms with E-state index in [1.165, 1.54) is 0 Å². The second-order valence-electron chi connectivity index (χ2n) is 1.78. The summed E-state index contributed by atoms with van der Waals surface area (Å²) in [5.41, 5.74) is 0.00215. The van der Waals surface area contributed by atoms with Gasteiger partial charge in [0.05, 0.1) is 5.38 Å². The van der Waals surface area contributed by atoms with Crippen LogP contribution >= 0.6 is 23.2 Å². The lowest BCUT2D eigenvalue weighted by Gasteiger charge is -2.04. The molecule has 0 amide bonds. The molecule has 0 bridgehead atoms. The number of carboxylic acid groups (broad SMARTS) is 1. The lowest BCUT2D eigenvalue weighted by molar-refractivity contribution is -0.132. The predicted molar refractivity (Wildman–Crippen MR) is 41.8 cm³/mol. The number of carbonyl (C=O) groups is 1. The number of rotatable bonds is 4. The molecule has 1 unspecified atom stereocenters. The van der Waals surface area contributed by atoms with E-state index in [-0.39, 0.29) is 5.57 Å². The van der Waals surface area contributed by atoms with Gasteiger partial charge in [-0.2, -0.15) is 0 Å². The maximum atomic E-state index is 10.2. The molecule has 0 spiro atoms. The Morgan fingerprint density at radius 1 is 1.70 bits per heavy atom. The van der Waals surface area contributed by atoms with Crippen molar-refractivity contribution in [2.24, 2.45) is 0 Å². The van der Waals surface area contributed by atoms with Crippen LogP contribution in [0.4, 0.5) is 0 Å². The fourth-order valence-corrected chi connectivity index (χ4v) is 0.936. The molecule has 1 atom stereocenters. The molecule has 0 saturated carbocycles. The predicted octanol–water partition coefficient (Wildman–Crippen LogP) is 1.86. The van der Waals surface area contributed by atoms with Crippen LogP contribution < -0.4 is 0 Å². The van der Waals surface area contributed by atoms with Crippen molar-refractivity contribution in [2.75, 3.05) is 5.88 Å². The highest BCUT2D eigenvalue weighted by atomic mass is 35.5. The summed E-state index contributed by atoms with van der Waals surface area (Å²) in [6, 6.07) is 0. The Bertz CT molecular complexity index is 145. The first-order valence-electron chi connectivity index (χ1n) is 2.71. The van der Waals surface area contributed by atoms with E-state index in [0.29, 0.717) is 12.3 Å². The highest BCUT2D eigenvalue weighted by molar-refractivity contribution is 6.26. The van der Waals surface area contributed by atoms with Gasteiger partial charge in [-0.1, -0.05) is 6.58 Å². The van der Waals surface area contributed by atoms with Gasteiger partial charge in [0.2, 0.25) is 0 Å². The Morgan fingerprint density at radius 3 is 2.50 bits per heavy atom. The van der Waals surface area contributed by atoms with Crippen LogP contribution in [0.25, 0.3) is 0 Å². The van der Waals surface area contributed by atoms with Gasteiger partial charge in [0, 0.05) is 11.5 Å². The topological polar surface area (TPSA) is 37.3 Å². The van der Waals surface area contributed by atoms with Crippen LogP contribution in [0.1, 0.15) is 6.42 Å². The van der Waals surface area contributed by atoms with E-state index in [2.05, 4.69) is 6.58 Å². The van der Waals surface area contributed by atoms with E-state index in [9.17, 15) is 4.79 Å². The van der Waals surface area contributed by atoms with E-state index >= 15 is 0 Å². The maximum absolute atomic E-state index is 10.2. The molecule has 0 fully saturated rings. The maximum Gasteiger partial charge on any atom is 0.332 e. The minimum atomic E-state index is -1.06. The number of hydrogen-bond donors (Lipinski definition) is 1. The van der Waals surface area contributed by atoms with E-state index in [4.69, 9.17) is 28.3 Å². The van der Waals surface area contributed by atoms with Crippen molar-refractivity contribution in [3.8, 4) is 0 Å². The number of aliphatic carboxylic acids is 1. The van der Waals surface area contributed by atoms with Crippen LogP contribution in [-0.4, -0.2) is 22.3 Å². The molecule has 0 radical (unpaired) electrons. The van der Waals surface area contributed by atoms with Crippen LogP contribution in [0.5, 0.6) is 0 Å². The van der Waals surface area contributed by atoms with E-state index in [0.717, 1.165) is 0 Å². The summed E-state index contributed by atoms with van der Waals surface area (Å²) in [6.07, 6.45) is 0.439. The van der Waals surface area contributed by atoms with Crippen molar-refractivity contribution in [2.45, 2.75) is 11.8 Å². The molecule has 0 aliphatic carbocycles. The Labute approximate surface area is 69.4 Å². The zero-order valence-electron chi connectivity index (χ0n) is 5.31. The molecule has 0 rings (SSSR count). The Morgan fingerprint density at radius 2 is 2.20 bits per heavy atom. The normalized spacial score (nSPS) is 12.6. The molecule has 0 saturated heterocycles. The largest absolute Gasteiger partial charge is 0.478 e. The van der Waals surface area contributed by atoms with E-state index in [1.54, 1.807) is 0 Å². The van der Waals surface area contributed by atoms with Crippen molar-refractivity contribution in [3.63, 3.8) is 0 Å². The van der Waals surface area contributed by atoms with Crippen molar-refractivity contribution in [1.82, 2.24) is 0 Å². The fraction of sp³-hybridized carbons (Fsp3) is 0.500. The van der Waals surface area contributed by atoms with Gasteiger partial charge in [0.1, 0.15) is 0 Å². The average molecular weight is 183 g/mol. The summed E-state index contributed by atoms with van der Waals surface area (Å²) in [5, 5.41) is 7.81. The van der Waals surface area contributed by atoms with Gasteiger partial charge in [-0.25, -0.2) is 4.79 Å². The van der Waals surface area contributed by atoms with Crippen LogP contribution in [0.15, 0.2) is 12.2 Å². The molecular formula is C6H8Cl2O2. The zero-order valence-corrected chi connectivity index (χ0v) is 6.82. The van der Waals surface area contributed by atoms with Gasteiger partial charge >= 0.3 is 5.97 Å². The van der Waals surface area contributed by atoms with Gasteiger partial charge in [-0.3, -0.25) is 0 Å². The SMILES string of the molecule is C=C(C(=O)O)C(Cl)CCCl. The van der Waals surface area contributed by atoms with Crippen LogP contribution in [0.3, 0.4) is 0 Å². The van der Waals surface area contributed by atoms with Crippen LogP contribution in [0.2, 0.25) is 0 Å². The molecule has 58 valence electrons. The van der Waals surface area contributed by atoms with Crippen molar-refractivity contribution in [1.29, 1.82) is 0 Å². The third-order valence-corrected chi connectivity index (χ3v) is 1.72. The zero-order chi connectivity index (χ0) is 8.15. The average Bonchev–Trinajstić information content (AvgIpc) is 1.87. The lowest BCUT2D eigenvalue weighted by atomic mass is 10.2.